The first-order valence-electron chi connectivity index (χ1n) is 8.96. The predicted molar refractivity (Wildman–Crippen MR) is 106 cm³/mol. The van der Waals surface area contributed by atoms with Gasteiger partial charge in [-0.3, -0.25) is 9.59 Å². The van der Waals surface area contributed by atoms with E-state index in [1.807, 2.05) is 27.7 Å². The third-order valence-electron chi connectivity index (χ3n) is 6.29. The van der Waals surface area contributed by atoms with Crippen LogP contribution in [0.2, 0.25) is 0 Å². The van der Waals surface area contributed by atoms with Crippen LogP contribution < -0.4 is 10.6 Å². The second-order valence-corrected chi connectivity index (χ2v) is 10.2. The van der Waals surface area contributed by atoms with Crippen LogP contribution in [0.15, 0.2) is 0 Å². The largest absolute Gasteiger partial charge is 0.359 e. The van der Waals surface area contributed by atoms with E-state index in [1.54, 1.807) is 7.05 Å². The summed E-state index contributed by atoms with van der Waals surface area (Å²) in [7, 11) is 4.46. The van der Waals surface area contributed by atoms with E-state index in [0.29, 0.717) is 6.42 Å². The van der Waals surface area contributed by atoms with Gasteiger partial charge in [-0.05, 0) is 30.6 Å². The molecule has 0 bridgehead atoms. The van der Waals surface area contributed by atoms with Gasteiger partial charge in [0.1, 0.15) is 0 Å². The number of hydrogen-bond donors (Lipinski definition) is 2. The molecule has 0 aromatic rings. The number of nitrogens with one attached hydrogen (secondary N) is 2. The van der Waals surface area contributed by atoms with Crippen molar-refractivity contribution in [3.63, 3.8) is 0 Å². The highest BCUT2D eigenvalue weighted by molar-refractivity contribution is 7.18. The normalized spacial score (nSPS) is 15.6. The molecule has 0 saturated carbocycles. The van der Waals surface area contributed by atoms with Crippen molar-refractivity contribution in [2.75, 3.05) is 7.05 Å². The van der Waals surface area contributed by atoms with Gasteiger partial charge in [-0.15, -0.1) is 9.24 Å². The van der Waals surface area contributed by atoms with Gasteiger partial charge in [0.05, 0.1) is 5.28 Å². The zero-order valence-electron chi connectivity index (χ0n) is 17.2. The van der Waals surface area contributed by atoms with Gasteiger partial charge in [-0.1, -0.05) is 54.9 Å². The minimum atomic E-state index is -0.466. The predicted octanol–water partition coefficient (Wildman–Crippen LogP) is 4.10. The van der Waals surface area contributed by atoms with Crippen molar-refractivity contribution in [1.82, 2.24) is 10.6 Å². The van der Waals surface area contributed by atoms with Gasteiger partial charge in [0.2, 0.25) is 11.8 Å². The fourth-order valence-electron chi connectivity index (χ4n) is 3.12. The molecule has 5 heteroatoms. The molecule has 2 amide bonds. The van der Waals surface area contributed by atoms with Crippen molar-refractivity contribution >= 4 is 21.1 Å². The molecule has 0 heterocycles. The van der Waals surface area contributed by atoms with Gasteiger partial charge in [0, 0.05) is 18.9 Å². The maximum atomic E-state index is 12.4. The summed E-state index contributed by atoms with van der Waals surface area (Å²) >= 11 is 0. The first kappa shape index (κ1) is 23.4. The minimum absolute atomic E-state index is 0.0154. The fraction of sp³-hybridized carbons (Fsp3) is 0.895. The van der Waals surface area contributed by atoms with E-state index in [4.69, 9.17) is 0 Å². The number of amides is 2. The summed E-state index contributed by atoms with van der Waals surface area (Å²) in [5.41, 5.74) is -0.658. The van der Waals surface area contributed by atoms with Gasteiger partial charge in [-0.25, -0.2) is 0 Å². The van der Waals surface area contributed by atoms with Crippen LogP contribution in [-0.2, 0) is 9.59 Å². The summed E-state index contributed by atoms with van der Waals surface area (Å²) in [6.45, 7) is 16.8. The Bertz CT molecular complexity index is 454. The topological polar surface area (TPSA) is 58.2 Å². The zero-order chi connectivity index (χ0) is 19.4. The van der Waals surface area contributed by atoms with E-state index < -0.39 is 5.41 Å². The Hall–Kier alpha value is -0.630. The van der Waals surface area contributed by atoms with E-state index in [2.05, 4.69) is 47.6 Å². The fourth-order valence-corrected chi connectivity index (χ4v) is 3.49. The van der Waals surface area contributed by atoms with Crippen molar-refractivity contribution in [3.05, 3.63) is 0 Å². The molecule has 2 atom stereocenters. The van der Waals surface area contributed by atoms with Crippen molar-refractivity contribution in [2.45, 2.75) is 86.4 Å². The molecule has 0 radical (unpaired) electrons. The highest BCUT2D eigenvalue weighted by Gasteiger charge is 2.51. The Balaban J connectivity index is 4.96. The third kappa shape index (κ3) is 5.44. The summed E-state index contributed by atoms with van der Waals surface area (Å²) < 4.78 is 0. The van der Waals surface area contributed by atoms with Gasteiger partial charge >= 0.3 is 0 Å². The Labute approximate surface area is 151 Å². The van der Waals surface area contributed by atoms with Gasteiger partial charge in [-0.2, -0.15) is 0 Å². The lowest BCUT2D eigenvalue weighted by Gasteiger charge is -2.51. The van der Waals surface area contributed by atoms with Crippen LogP contribution in [0.3, 0.4) is 0 Å². The monoisotopic (exact) mass is 358 g/mol. The molecule has 4 nitrogen and oxygen atoms in total. The Morgan fingerprint density at radius 3 is 1.88 bits per heavy atom. The molecule has 2 unspecified atom stereocenters. The Morgan fingerprint density at radius 2 is 1.46 bits per heavy atom. The van der Waals surface area contributed by atoms with E-state index in [0.717, 1.165) is 19.3 Å². The second-order valence-electron chi connectivity index (χ2n) is 8.89. The van der Waals surface area contributed by atoms with Crippen molar-refractivity contribution in [2.24, 2.45) is 16.2 Å². The molecule has 0 fully saturated rings. The summed E-state index contributed by atoms with van der Waals surface area (Å²) in [4.78, 5) is 24.0. The van der Waals surface area contributed by atoms with Gasteiger partial charge in [0.15, 0.2) is 0 Å². The van der Waals surface area contributed by atoms with Crippen LogP contribution >= 0.6 is 9.24 Å². The molecule has 0 rings (SSSR count). The number of carbonyl (C=O) groups excluding carboxylic acids is 2. The number of carbonyl (C=O) groups is 2. The molecule has 0 aliphatic rings. The Morgan fingerprint density at radius 1 is 0.958 bits per heavy atom. The van der Waals surface area contributed by atoms with Gasteiger partial charge in [0.25, 0.3) is 0 Å². The molecule has 0 aliphatic heterocycles. The number of hydrogen-bond acceptors (Lipinski definition) is 2. The summed E-state index contributed by atoms with van der Waals surface area (Å²) in [5, 5.41) is 5.58. The number of rotatable bonds is 9. The summed E-state index contributed by atoms with van der Waals surface area (Å²) in [5.74, 6) is 0.152. The van der Waals surface area contributed by atoms with E-state index in [9.17, 15) is 9.59 Å². The molecule has 0 saturated heterocycles. The minimum Gasteiger partial charge on any atom is -0.359 e. The highest BCUT2D eigenvalue weighted by atomic mass is 31.0. The zero-order valence-corrected chi connectivity index (χ0v) is 18.4. The van der Waals surface area contributed by atoms with Crippen LogP contribution in [-0.4, -0.2) is 24.1 Å². The van der Waals surface area contributed by atoms with E-state index in [-0.39, 0.29) is 27.9 Å². The van der Waals surface area contributed by atoms with E-state index in [1.165, 1.54) is 0 Å². The van der Waals surface area contributed by atoms with Crippen LogP contribution in [0.5, 0.6) is 0 Å². The molecule has 0 spiro atoms. The maximum absolute atomic E-state index is 12.4. The van der Waals surface area contributed by atoms with Crippen molar-refractivity contribution < 1.29 is 9.59 Å². The molecular formula is C19H39N2O2P. The average molecular weight is 359 g/mol. The molecule has 2 N–H and O–H groups in total. The third-order valence-corrected chi connectivity index (χ3v) is 6.73. The lowest BCUT2D eigenvalue weighted by Crippen LogP contribution is -2.52. The quantitative estimate of drug-likeness (QED) is 0.610. The van der Waals surface area contributed by atoms with Crippen LogP contribution in [0.25, 0.3) is 0 Å². The smallest absolute Gasteiger partial charge is 0.225 e. The second kappa shape index (κ2) is 8.17. The van der Waals surface area contributed by atoms with Gasteiger partial charge < -0.3 is 10.6 Å². The molecule has 142 valence electrons. The molecule has 0 aromatic heterocycles. The van der Waals surface area contributed by atoms with Crippen LogP contribution in [0, 0.1) is 16.2 Å². The molecule has 0 aromatic carbocycles. The lowest BCUT2D eigenvalue weighted by atomic mass is 9.53. The molecule has 0 aliphatic carbocycles. The molecule has 24 heavy (non-hydrogen) atoms. The van der Waals surface area contributed by atoms with Crippen molar-refractivity contribution in [1.29, 1.82) is 0 Å². The highest BCUT2D eigenvalue weighted by Crippen LogP contribution is 2.53. The molecular weight excluding hydrogens is 319 g/mol. The maximum Gasteiger partial charge on any atom is 0.225 e. The average Bonchev–Trinajstić information content (AvgIpc) is 2.44. The Kier molecular flexibility index (Phi) is 7.95. The van der Waals surface area contributed by atoms with Crippen LogP contribution in [0.4, 0.5) is 0 Å². The SMILES string of the molecule is CCC(=O)NC(C)(P)CCCC(C)(C)C(C)(C)C(C)(C)C(=O)NC. The van der Waals surface area contributed by atoms with Crippen LogP contribution in [0.1, 0.15) is 81.1 Å². The summed E-state index contributed by atoms with van der Waals surface area (Å²) in [6.07, 6.45) is 3.38. The standard InChI is InChI=1S/C19H39N2O2P/c1-10-14(22)21-19(8,24)13-11-12-16(2,3)18(6,7)17(4,5)15(23)20-9/h10-13,24H2,1-9H3,(H,20,23)(H,21,22). The lowest BCUT2D eigenvalue weighted by molar-refractivity contribution is -0.142. The first-order valence-corrected chi connectivity index (χ1v) is 9.54. The van der Waals surface area contributed by atoms with Crippen molar-refractivity contribution in [3.8, 4) is 0 Å². The summed E-state index contributed by atoms with van der Waals surface area (Å²) in [6, 6.07) is 0. The van der Waals surface area contributed by atoms with E-state index >= 15 is 0 Å². The first-order chi connectivity index (χ1) is 10.6.